The lowest BCUT2D eigenvalue weighted by molar-refractivity contribution is -0.139. The van der Waals surface area contributed by atoms with Crippen molar-refractivity contribution in [1.82, 2.24) is 4.98 Å². The van der Waals surface area contributed by atoms with E-state index in [9.17, 15) is 18.3 Å². The second-order valence-electron chi connectivity index (χ2n) is 4.72. The van der Waals surface area contributed by atoms with Gasteiger partial charge in [-0.05, 0) is 18.9 Å². The second-order valence-corrected chi connectivity index (χ2v) is 6.05. The Morgan fingerprint density at radius 1 is 1.37 bits per heavy atom. The molecule has 2 nitrogen and oxygen atoms in total. The minimum atomic E-state index is -4.45. The Morgan fingerprint density at radius 3 is 2.68 bits per heavy atom. The fourth-order valence-corrected chi connectivity index (χ4v) is 3.60. The van der Waals surface area contributed by atoms with Crippen LogP contribution in [0.5, 0.6) is 0 Å². The summed E-state index contributed by atoms with van der Waals surface area (Å²) in [6, 6.07) is 0.915. The molecule has 1 heterocycles. The standard InChI is InChI=1S/C13H16F3NOS/c14-13(15,16)11-5-6-17-7-10(11)12(18)8-19-9-3-1-2-4-9/h5-7,9,12,18H,1-4,8H2. The SMILES string of the molecule is OC(CSC1CCCC1)c1cnccc1C(F)(F)F. The Balaban J connectivity index is 2.03. The van der Waals surface area contributed by atoms with Gasteiger partial charge in [0.15, 0.2) is 0 Å². The molecule has 1 unspecified atom stereocenters. The predicted molar refractivity (Wildman–Crippen MR) is 68.9 cm³/mol. The smallest absolute Gasteiger partial charge is 0.387 e. The Hall–Kier alpha value is -0.750. The highest BCUT2D eigenvalue weighted by Crippen LogP contribution is 2.36. The first-order chi connectivity index (χ1) is 8.98. The zero-order chi connectivity index (χ0) is 13.9. The molecule has 0 aliphatic heterocycles. The van der Waals surface area contributed by atoms with E-state index in [0.717, 1.165) is 31.3 Å². The molecule has 1 aromatic heterocycles. The average Bonchev–Trinajstić information content (AvgIpc) is 2.88. The normalized spacial score (nSPS) is 18.7. The first kappa shape index (κ1) is 14.7. The summed E-state index contributed by atoms with van der Waals surface area (Å²) < 4.78 is 38.4. The maximum absolute atomic E-state index is 12.8. The molecule has 1 aliphatic carbocycles. The number of pyridine rings is 1. The van der Waals surface area contributed by atoms with Gasteiger partial charge in [0, 0.05) is 29.0 Å². The van der Waals surface area contributed by atoms with Gasteiger partial charge in [-0.2, -0.15) is 24.9 Å². The van der Waals surface area contributed by atoms with Gasteiger partial charge in [0.05, 0.1) is 11.7 Å². The lowest BCUT2D eigenvalue weighted by Gasteiger charge is -2.18. The Kier molecular flexibility index (Phi) is 4.73. The van der Waals surface area contributed by atoms with Crippen molar-refractivity contribution in [2.24, 2.45) is 0 Å². The largest absolute Gasteiger partial charge is 0.416 e. The van der Waals surface area contributed by atoms with Gasteiger partial charge in [-0.25, -0.2) is 0 Å². The maximum Gasteiger partial charge on any atom is 0.416 e. The molecule has 6 heteroatoms. The fourth-order valence-electron chi connectivity index (χ4n) is 2.30. The molecule has 2 rings (SSSR count). The van der Waals surface area contributed by atoms with E-state index in [-0.39, 0.29) is 5.56 Å². The van der Waals surface area contributed by atoms with E-state index in [4.69, 9.17) is 0 Å². The molecule has 19 heavy (non-hydrogen) atoms. The molecule has 0 bridgehead atoms. The second kappa shape index (κ2) is 6.13. The average molecular weight is 291 g/mol. The van der Waals surface area contributed by atoms with Crippen molar-refractivity contribution in [3.63, 3.8) is 0 Å². The summed E-state index contributed by atoms with van der Waals surface area (Å²) in [5, 5.41) is 10.4. The summed E-state index contributed by atoms with van der Waals surface area (Å²) in [7, 11) is 0. The van der Waals surface area contributed by atoms with Gasteiger partial charge in [0.2, 0.25) is 0 Å². The number of thioether (sulfide) groups is 1. The molecule has 1 aliphatic rings. The van der Waals surface area contributed by atoms with Crippen LogP contribution in [-0.2, 0) is 6.18 Å². The van der Waals surface area contributed by atoms with E-state index in [1.807, 2.05) is 0 Å². The minimum absolute atomic E-state index is 0.125. The molecule has 0 saturated heterocycles. The summed E-state index contributed by atoms with van der Waals surface area (Å²) in [4.78, 5) is 3.69. The molecule has 1 atom stereocenters. The number of aliphatic hydroxyl groups is 1. The number of aromatic nitrogens is 1. The lowest BCUT2D eigenvalue weighted by atomic mass is 10.1. The summed E-state index contributed by atoms with van der Waals surface area (Å²) >= 11 is 1.56. The number of rotatable bonds is 4. The highest BCUT2D eigenvalue weighted by atomic mass is 32.2. The molecule has 0 spiro atoms. The number of hydrogen-bond acceptors (Lipinski definition) is 3. The van der Waals surface area contributed by atoms with Crippen LogP contribution in [0.15, 0.2) is 18.5 Å². The highest BCUT2D eigenvalue weighted by molar-refractivity contribution is 7.99. The Labute approximate surface area is 114 Å². The van der Waals surface area contributed by atoms with Gasteiger partial charge in [-0.3, -0.25) is 4.98 Å². The maximum atomic E-state index is 12.8. The highest BCUT2D eigenvalue weighted by Gasteiger charge is 2.35. The third-order valence-corrected chi connectivity index (χ3v) is 4.76. The van der Waals surface area contributed by atoms with Crippen LogP contribution in [-0.4, -0.2) is 21.1 Å². The summed E-state index contributed by atoms with van der Waals surface area (Å²) in [6.07, 6.45) is 1.19. The molecule has 0 aromatic carbocycles. The predicted octanol–water partition coefficient (Wildman–Crippen LogP) is 3.81. The van der Waals surface area contributed by atoms with E-state index >= 15 is 0 Å². The summed E-state index contributed by atoms with van der Waals surface area (Å²) in [5.74, 6) is 0.291. The van der Waals surface area contributed by atoms with E-state index in [1.165, 1.54) is 12.8 Å². The van der Waals surface area contributed by atoms with Crippen LogP contribution in [0, 0.1) is 0 Å². The van der Waals surface area contributed by atoms with Gasteiger partial charge in [-0.15, -0.1) is 0 Å². The lowest BCUT2D eigenvalue weighted by Crippen LogP contribution is -2.14. The number of hydrogen-bond donors (Lipinski definition) is 1. The van der Waals surface area contributed by atoms with Crippen molar-refractivity contribution in [2.75, 3.05) is 5.75 Å². The monoisotopic (exact) mass is 291 g/mol. The topological polar surface area (TPSA) is 33.1 Å². The van der Waals surface area contributed by atoms with Crippen LogP contribution in [0.4, 0.5) is 13.2 Å². The summed E-state index contributed by atoms with van der Waals surface area (Å²) in [6.45, 7) is 0. The van der Waals surface area contributed by atoms with Crippen LogP contribution in [0.3, 0.4) is 0 Å². The van der Waals surface area contributed by atoms with E-state index in [0.29, 0.717) is 11.0 Å². The van der Waals surface area contributed by atoms with Crippen molar-refractivity contribution in [2.45, 2.75) is 43.2 Å². The molecule has 1 N–H and O–H groups in total. The first-order valence-electron chi connectivity index (χ1n) is 6.29. The number of aliphatic hydroxyl groups excluding tert-OH is 1. The Bertz CT molecular complexity index is 419. The number of halogens is 3. The molecule has 106 valence electrons. The third kappa shape index (κ3) is 3.86. The van der Waals surface area contributed by atoms with Crippen LogP contribution in [0.1, 0.15) is 42.9 Å². The van der Waals surface area contributed by atoms with Crippen molar-refractivity contribution in [3.05, 3.63) is 29.6 Å². The molecular formula is C13H16F3NOS. The zero-order valence-corrected chi connectivity index (χ0v) is 11.2. The van der Waals surface area contributed by atoms with Crippen molar-refractivity contribution < 1.29 is 18.3 Å². The van der Waals surface area contributed by atoms with E-state index in [1.54, 1.807) is 11.8 Å². The quantitative estimate of drug-likeness (QED) is 0.915. The van der Waals surface area contributed by atoms with Crippen LogP contribution in [0.2, 0.25) is 0 Å². The molecule has 1 aromatic rings. The van der Waals surface area contributed by atoms with Crippen LogP contribution < -0.4 is 0 Å². The fraction of sp³-hybridized carbons (Fsp3) is 0.615. The van der Waals surface area contributed by atoms with Crippen LogP contribution in [0.25, 0.3) is 0 Å². The number of alkyl halides is 3. The van der Waals surface area contributed by atoms with Gasteiger partial charge in [-0.1, -0.05) is 12.8 Å². The molecule has 1 saturated carbocycles. The van der Waals surface area contributed by atoms with E-state index < -0.39 is 17.8 Å². The summed E-state index contributed by atoms with van der Waals surface area (Å²) in [5.41, 5.74) is -0.914. The minimum Gasteiger partial charge on any atom is -0.387 e. The molecule has 0 radical (unpaired) electrons. The third-order valence-electron chi connectivity index (χ3n) is 3.31. The first-order valence-corrected chi connectivity index (χ1v) is 7.34. The molecule has 0 amide bonds. The zero-order valence-electron chi connectivity index (χ0n) is 10.4. The van der Waals surface area contributed by atoms with Crippen molar-refractivity contribution in [1.29, 1.82) is 0 Å². The number of nitrogens with zero attached hydrogens (tertiary/aromatic N) is 1. The molecular weight excluding hydrogens is 275 g/mol. The van der Waals surface area contributed by atoms with Gasteiger partial charge in [0.25, 0.3) is 0 Å². The van der Waals surface area contributed by atoms with Gasteiger partial charge >= 0.3 is 6.18 Å². The van der Waals surface area contributed by atoms with Gasteiger partial charge < -0.3 is 5.11 Å². The van der Waals surface area contributed by atoms with Crippen LogP contribution >= 0.6 is 11.8 Å². The van der Waals surface area contributed by atoms with Crippen molar-refractivity contribution in [3.8, 4) is 0 Å². The van der Waals surface area contributed by atoms with Gasteiger partial charge in [0.1, 0.15) is 0 Å². The molecule has 1 fully saturated rings. The van der Waals surface area contributed by atoms with E-state index in [2.05, 4.69) is 4.98 Å². The Morgan fingerprint density at radius 2 is 2.05 bits per heavy atom. The van der Waals surface area contributed by atoms with Crippen molar-refractivity contribution >= 4 is 11.8 Å².